The van der Waals surface area contributed by atoms with Crippen LogP contribution in [0.4, 0.5) is 6.01 Å². The van der Waals surface area contributed by atoms with Crippen molar-refractivity contribution in [1.82, 2.24) is 9.88 Å². The van der Waals surface area contributed by atoms with Crippen molar-refractivity contribution in [3.63, 3.8) is 0 Å². The molecule has 6 nitrogen and oxygen atoms in total. The molecule has 1 aliphatic heterocycles. The predicted molar refractivity (Wildman–Crippen MR) is 79.7 cm³/mol. The van der Waals surface area contributed by atoms with Gasteiger partial charge < -0.3 is 19.0 Å². The molecule has 2 heterocycles. The van der Waals surface area contributed by atoms with Crippen LogP contribution >= 0.6 is 0 Å². The number of anilines is 1. The Morgan fingerprint density at radius 1 is 1.33 bits per heavy atom. The molecular formula is C15H19N3O3. The number of likely N-dealkylation sites (N-methyl/N-ethyl adjacent to an activating group) is 1. The first-order chi connectivity index (χ1) is 10.2. The lowest BCUT2D eigenvalue weighted by molar-refractivity contribution is 0.0601. The van der Waals surface area contributed by atoms with E-state index in [1.807, 2.05) is 0 Å². The summed E-state index contributed by atoms with van der Waals surface area (Å²) in [6, 6.07) is 5.80. The van der Waals surface area contributed by atoms with Crippen LogP contribution in [0.2, 0.25) is 0 Å². The number of methoxy groups -OCH3 is 1. The van der Waals surface area contributed by atoms with E-state index in [0.29, 0.717) is 17.2 Å². The number of fused-ring (bicyclic) bond motifs is 1. The molecule has 1 aliphatic rings. The predicted octanol–water partition coefficient (Wildman–Crippen LogP) is 1.76. The highest BCUT2D eigenvalue weighted by atomic mass is 16.5. The molecule has 1 aromatic heterocycles. The first kappa shape index (κ1) is 13.9. The van der Waals surface area contributed by atoms with E-state index in [2.05, 4.69) is 21.7 Å². The SMILES string of the molecule is CCN1CCN(c2nc3ccc(C(=O)OC)cc3o2)CC1. The number of ether oxygens (including phenoxy) is 1. The van der Waals surface area contributed by atoms with Crippen LogP contribution in [0.15, 0.2) is 22.6 Å². The van der Waals surface area contributed by atoms with Gasteiger partial charge in [-0.25, -0.2) is 4.79 Å². The molecule has 1 aromatic carbocycles. The topological polar surface area (TPSA) is 58.8 Å². The zero-order chi connectivity index (χ0) is 14.8. The van der Waals surface area contributed by atoms with Crippen molar-refractivity contribution in [3.8, 4) is 0 Å². The highest BCUT2D eigenvalue weighted by Crippen LogP contribution is 2.24. The molecule has 0 radical (unpaired) electrons. The molecule has 112 valence electrons. The molecule has 3 rings (SSSR count). The van der Waals surface area contributed by atoms with E-state index in [-0.39, 0.29) is 5.97 Å². The van der Waals surface area contributed by atoms with E-state index in [9.17, 15) is 4.79 Å². The van der Waals surface area contributed by atoms with Crippen LogP contribution < -0.4 is 4.90 Å². The fourth-order valence-corrected chi connectivity index (χ4v) is 2.55. The number of rotatable bonds is 3. The van der Waals surface area contributed by atoms with E-state index >= 15 is 0 Å². The maximum atomic E-state index is 11.5. The molecule has 0 spiro atoms. The van der Waals surface area contributed by atoms with Crippen molar-refractivity contribution in [2.24, 2.45) is 0 Å². The number of esters is 1. The number of carbonyl (C=O) groups is 1. The third-order valence-corrected chi connectivity index (χ3v) is 3.89. The van der Waals surface area contributed by atoms with Crippen LogP contribution in [-0.2, 0) is 4.74 Å². The number of carbonyl (C=O) groups excluding carboxylic acids is 1. The standard InChI is InChI=1S/C15H19N3O3/c1-3-17-6-8-18(9-7-17)15-16-12-5-4-11(14(19)20-2)10-13(12)21-15/h4-5,10H,3,6-9H2,1-2H3. The average molecular weight is 289 g/mol. The van der Waals surface area contributed by atoms with E-state index in [1.54, 1.807) is 18.2 Å². The fraction of sp³-hybridized carbons (Fsp3) is 0.467. The maximum absolute atomic E-state index is 11.5. The third-order valence-electron chi connectivity index (χ3n) is 3.89. The van der Waals surface area contributed by atoms with E-state index in [4.69, 9.17) is 9.15 Å². The van der Waals surface area contributed by atoms with Crippen molar-refractivity contribution < 1.29 is 13.9 Å². The third kappa shape index (κ3) is 2.71. The van der Waals surface area contributed by atoms with Crippen molar-refractivity contribution in [2.75, 3.05) is 44.7 Å². The Bertz CT molecular complexity index is 645. The number of hydrogen-bond acceptors (Lipinski definition) is 6. The van der Waals surface area contributed by atoms with Crippen LogP contribution in [-0.4, -0.2) is 55.7 Å². The van der Waals surface area contributed by atoms with Gasteiger partial charge in [-0.05, 0) is 24.7 Å². The van der Waals surface area contributed by atoms with Crippen molar-refractivity contribution in [1.29, 1.82) is 0 Å². The smallest absolute Gasteiger partial charge is 0.337 e. The molecule has 0 amide bonds. The van der Waals surface area contributed by atoms with E-state index in [1.165, 1.54) is 7.11 Å². The van der Waals surface area contributed by atoms with Crippen LogP contribution in [0.25, 0.3) is 11.1 Å². The minimum atomic E-state index is -0.369. The fourth-order valence-electron chi connectivity index (χ4n) is 2.55. The molecule has 0 atom stereocenters. The van der Waals surface area contributed by atoms with Crippen molar-refractivity contribution in [3.05, 3.63) is 23.8 Å². The minimum absolute atomic E-state index is 0.369. The summed E-state index contributed by atoms with van der Waals surface area (Å²) in [5.74, 6) is -0.369. The van der Waals surface area contributed by atoms with Gasteiger partial charge in [-0.2, -0.15) is 4.98 Å². The number of aromatic nitrogens is 1. The summed E-state index contributed by atoms with van der Waals surface area (Å²) in [7, 11) is 1.37. The van der Waals surface area contributed by atoms with Crippen LogP contribution in [0.1, 0.15) is 17.3 Å². The Hall–Kier alpha value is -2.08. The number of nitrogens with zero attached hydrogens (tertiary/aromatic N) is 3. The van der Waals surface area contributed by atoms with Crippen LogP contribution in [0, 0.1) is 0 Å². The Morgan fingerprint density at radius 2 is 2.10 bits per heavy atom. The van der Waals surface area contributed by atoms with Gasteiger partial charge in [0.1, 0.15) is 5.52 Å². The number of benzene rings is 1. The Kier molecular flexibility index (Phi) is 3.79. The van der Waals surface area contributed by atoms with Gasteiger partial charge in [-0.1, -0.05) is 6.92 Å². The zero-order valence-corrected chi connectivity index (χ0v) is 12.3. The summed E-state index contributed by atoms with van der Waals surface area (Å²) in [6.07, 6.45) is 0. The summed E-state index contributed by atoms with van der Waals surface area (Å²) in [5.41, 5.74) is 1.85. The summed E-state index contributed by atoms with van der Waals surface area (Å²) < 4.78 is 10.5. The molecule has 1 fully saturated rings. The largest absolute Gasteiger partial charge is 0.465 e. The second kappa shape index (κ2) is 5.73. The summed E-state index contributed by atoms with van der Waals surface area (Å²) in [6.45, 7) is 7.09. The molecule has 21 heavy (non-hydrogen) atoms. The molecular weight excluding hydrogens is 270 g/mol. The van der Waals surface area contributed by atoms with Crippen molar-refractivity contribution in [2.45, 2.75) is 6.92 Å². The Balaban J connectivity index is 1.83. The van der Waals surface area contributed by atoms with Gasteiger partial charge in [-0.3, -0.25) is 0 Å². The Labute approximate surface area is 123 Å². The maximum Gasteiger partial charge on any atom is 0.337 e. The van der Waals surface area contributed by atoms with Gasteiger partial charge in [-0.15, -0.1) is 0 Å². The highest BCUT2D eigenvalue weighted by Gasteiger charge is 2.20. The van der Waals surface area contributed by atoms with Gasteiger partial charge in [0.15, 0.2) is 5.58 Å². The molecule has 0 N–H and O–H groups in total. The molecule has 1 saturated heterocycles. The summed E-state index contributed by atoms with van der Waals surface area (Å²) in [5, 5.41) is 0. The first-order valence-electron chi connectivity index (χ1n) is 7.17. The monoisotopic (exact) mass is 289 g/mol. The van der Waals surface area contributed by atoms with E-state index in [0.717, 1.165) is 38.2 Å². The number of piperazine rings is 1. The van der Waals surface area contributed by atoms with Gasteiger partial charge in [0.25, 0.3) is 6.01 Å². The molecule has 0 unspecified atom stereocenters. The van der Waals surface area contributed by atoms with E-state index < -0.39 is 0 Å². The van der Waals surface area contributed by atoms with Crippen molar-refractivity contribution >= 4 is 23.1 Å². The number of oxazole rings is 1. The average Bonchev–Trinajstić information content (AvgIpc) is 2.97. The molecule has 0 bridgehead atoms. The lowest BCUT2D eigenvalue weighted by atomic mass is 10.2. The lowest BCUT2D eigenvalue weighted by Gasteiger charge is -2.32. The van der Waals surface area contributed by atoms with Gasteiger partial charge >= 0.3 is 5.97 Å². The van der Waals surface area contributed by atoms with Gasteiger partial charge in [0, 0.05) is 26.2 Å². The second-order valence-electron chi connectivity index (χ2n) is 5.09. The van der Waals surface area contributed by atoms with Gasteiger partial charge in [0.05, 0.1) is 12.7 Å². The molecule has 0 aliphatic carbocycles. The summed E-state index contributed by atoms with van der Waals surface area (Å²) >= 11 is 0. The number of hydrogen-bond donors (Lipinski definition) is 0. The zero-order valence-electron chi connectivity index (χ0n) is 12.3. The van der Waals surface area contributed by atoms with Gasteiger partial charge in [0.2, 0.25) is 0 Å². The molecule has 2 aromatic rings. The second-order valence-corrected chi connectivity index (χ2v) is 5.09. The molecule has 6 heteroatoms. The van der Waals surface area contributed by atoms with Crippen LogP contribution in [0.5, 0.6) is 0 Å². The summed E-state index contributed by atoms with van der Waals surface area (Å²) in [4.78, 5) is 20.6. The lowest BCUT2D eigenvalue weighted by Crippen LogP contribution is -2.46. The van der Waals surface area contributed by atoms with Crippen LogP contribution in [0.3, 0.4) is 0 Å². The molecule has 0 saturated carbocycles. The highest BCUT2D eigenvalue weighted by molar-refractivity contribution is 5.93. The Morgan fingerprint density at radius 3 is 2.76 bits per heavy atom. The normalized spacial score (nSPS) is 16.4. The quantitative estimate of drug-likeness (QED) is 0.802. The first-order valence-corrected chi connectivity index (χ1v) is 7.17. The minimum Gasteiger partial charge on any atom is -0.465 e.